The van der Waals surface area contributed by atoms with Crippen molar-refractivity contribution in [1.29, 1.82) is 0 Å². The first-order chi connectivity index (χ1) is 5.31. The van der Waals surface area contributed by atoms with Crippen LogP contribution in [0.2, 0.25) is 0 Å². The van der Waals surface area contributed by atoms with E-state index >= 15 is 0 Å². The molecule has 0 saturated heterocycles. The van der Waals surface area contributed by atoms with Crippen molar-refractivity contribution in [1.82, 2.24) is 5.32 Å². The number of amides is 1. The first kappa shape index (κ1) is 9.90. The number of nitrogens with zero attached hydrogens (tertiary/aromatic N) is 1. The van der Waals surface area contributed by atoms with Gasteiger partial charge in [0.1, 0.15) is 6.21 Å². The number of rotatable bonds is 5. The van der Waals surface area contributed by atoms with E-state index in [1.165, 1.54) is 0 Å². The molecule has 0 saturated carbocycles. The smallest absolute Gasteiger partial charge is 0.265 e. The van der Waals surface area contributed by atoms with Crippen LogP contribution in [-0.4, -0.2) is 30.4 Å². The minimum Gasteiger partial charge on any atom is -0.411 e. The van der Waals surface area contributed by atoms with Crippen LogP contribution in [0.15, 0.2) is 5.16 Å². The van der Waals surface area contributed by atoms with E-state index in [2.05, 4.69) is 10.5 Å². The molecule has 5 nitrogen and oxygen atoms in total. The number of oxime groups is 1. The van der Waals surface area contributed by atoms with E-state index in [4.69, 9.17) is 10.9 Å². The zero-order chi connectivity index (χ0) is 8.53. The fourth-order valence-corrected chi connectivity index (χ4v) is 0.579. The van der Waals surface area contributed by atoms with Gasteiger partial charge in [0.2, 0.25) is 0 Å². The Morgan fingerprint density at radius 1 is 1.64 bits per heavy atom. The third-order valence-corrected chi connectivity index (χ3v) is 1.11. The SMILES string of the molecule is NCCCCNC(=O)/C=N\O. The summed E-state index contributed by atoms with van der Waals surface area (Å²) in [6.07, 6.45) is 2.56. The van der Waals surface area contributed by atoms with Gasteiger partial charge in [-0.15, -0.1) is 0 Å². The fourth-order valence-electron chi connectivity index (χ4n) is 0.579. The van der Waals surface area contributed by atoms with Gasteiger partial charge in [-0.25, -0.2) is 0 Å². The second-order valence-corrected chi connectivity index (χ2v) is 2.03. The molecular formula is C6H13N3O2. The summed E-state index contributed by atoms with van der Waals surface area (Å²) in [4.78, 5) is 10.6. The highest BCUT2D eigenvalue weighted by atomic mass is 16.4. The molecule has 0 aliphatic rings. The van der Waals surface area contributed by atoms with Gasteiger partial charge in [0.05, 0.1) is 0 Å². The molecule has 0 spiro atoms. The normalized spacial score (nSPS) is 10.3. The van der Waals surface area contributed by atoms with Gasteiger partial charge in [0, 0.05) is 6.54 Å². The Morgan fingerprint density at radius 3 is 2.91 bits per heavy atom. The molecule has 0 unspecified atom stereocenters. The standard InChI is InChI=1S/C6H13N3O2/c7-3-1-2-4-8-6(10)5-9-11/h5,11H,1-4,7H2,(H,8,10)/b9-5-. The third kappa shape index (κ3) is 6.79. The van der Waals surface area contributed by atoms with Crippen LogP contribution in [0.4, 0.5) is 0 Å². The monoisotopic (exact) mass is 159 g/mol. The molecule has 1 amide bonds. The predicted molar refractivity (Wildman–Crippen MR) is 41.6 cm³/mol. The predicted octanol–water partition coefficient (Wildman–Crippen LogP) is -0.698. The molecular weight excluding hydrogens is 146 g/mol. The second kappa shape index (κ2) is 7.01. The Morgan fingerprint density at radius 2 is 2.36 bits per heavy atom. The summed E-state index contributed by atoms with van der Waals surface area (Å²) >= 11 is 0. The lowest BCUT2D eigenvalue weighted by Crippen LogP contribution is -2.25. The van der Waals surface area contributed by atoms with Crippen LogP contribution in [0.1, 0.15) is 12.8 Å². The molecule has 0 aliphatic carbocycles. The highest BCUT2D eigenvalue weighted by Crippen LogP contribution is 1.81. The molecule has 0 bridgehead atoms. The Labute approximate surface area is 65.3 Å². The average Bonchev–Trinajstić information content (AvgIpc) is 1.99. The van der Waals surface area contributed by atoms with Gasteiger partial charge >= 0.3 is 0 Å². The lowest BCUT2D eigenvalue weighted by Gasteiger charge is -1.98. The van der Waals surface area contributed by atoms with Crippen LogP contribution < -0.4 is 11.1 Å². The number of hydrogen-bond acceptors (Lipinski definition) is 4. The number of hydrogen-bond donors (Lipinski definition) is 3. The summed E-state index contributed by atoms with van der Waals surface area (Å²) in [6, 6.07) is 0. The lowest BCUT2D eigenvalue weighted by molar-refractivity contribution is -0.114. The molecule has 5 heteroatoms. The van der Waals surface area contributed by atoms with Gasteiger partial charge in [-0.2, -0.15) is 0 Å². The number of nitrogens with two attached hydrogens (primary N) is 1. The molecule has 0 aromatic rings. The number of carbonyl (C=O) groups excluding carboxylic acids is 1. The molecule has 0 aromatic heterocycles. The minimum atomic E-state index is -0.385. The Kier molecular flexibility index (Phi) is 6.31. The van der Waals surface area contributed by atoms with Crippen molar-refractivity contribution in [2.45, 2.75) is 12.8 Å². The maximum absolute atomic E-state index is 10.6. The van der Waals surface area contributed by atoms with Crippen molar-refractivity contribution in [2.75, 3.05) is 13.1 Å². The van der Waals surface area contributed by atoms with E-state index in [1.54, 1.807) is 0 Å². The van der Waals surface area contributed by atoms with Crippen molar-refractivity contribution < 1.29 is 10.0 Å². The van der Waals surface area contributed by atoms with Gasteiger partial charge in [0.15, 0.2) is 0 Å². The maximum Gasteiger partial charge on any atom is 0.265 e. The Balaban J connectivity index is 3.17. The Bertz CT molecular complexity index is 136. The summed E-state index contributed by atoms with van der Waals surface area (Å²) in [7, 11) is 0. The van der Waals surface area contributed by atoms with E-state index in [0.717, 1.165) is 19.1 Å². The van der Waals surface area contributed by atoms with E-state index in [-0.39, 0.29) is 5.91 Å². The fraction of sp³-hybridized carbons (Fsp3) is 0.667. The zero-order valence-electron chi connectivity index (χ0n) is 6.29. The molecule has 0 aromatic carbocycles. The Hall–Kier alpha value is -1.10. The van der Waals surface area contributed by atoms with Crippen LogP contribution in [-0.2, 0) is 4.79 Å². The summed E-state index contributed by atoms with van der Waals surface area (Å²) in [5.74, 6) is -0.385. The molecule has 0 radical (unpaired) electrons. The van der Waals surface area contributed by atoms with Crippen LogP contribution in [0.25, 0.3) is 0 Å². The van der Waals surface area contributed by atoms with Crippen LogP contribution in [0.3, 0.4) is 0 Å². The largest absolute Gasteiger partial charge is 0.411 e. The zero-order valence-corrected chi connectivity index (χ0v) is 6.29. The quantitative estimate of drug-likeness (QED) is 0.214. The first-order valence-corrected chi connectivity index (χ1v) is 3.46. The highest BCUT2D eigenvalue weighted by Gasteiger charge is 1.93. The molecule has 0 atom stereocenters. The summed E-state index contributed by atoms with van der Waals surface area (Å²) in [6.45, 7) is 1.20. The summed E-state index contributed by atoms with van der Waals surface area (Å²) in [5, 5.41) is 13.0. The number of carbonyl (C=O) groups is 1. The second-order valence-electron chi connectivity index (χ2n) is 2.03. The molecule has 0 aliphatic heterocycles. The first-order valence-electron chi connectivity index (χ1n) is 3.46. The van der Waals surface area contributed by atoms with Crippen molar-refractivity contribution in [3.63, 3.8) is 0 Å². The van der Waals surface area contributed by atoms with Crippen molar-refractivity contribution in [3.05, 3.63) is 0 Å². The van der Waals surface area contributed by atoms with E-state index in [9.17, 15) is 4.79 Å². The van der Waals surface area contributed by atoms with E-state index in [0.29, 0.717) is 13.1 Å². The van der Waals surface area contributed by atoms with Gasteiger partial charge in [0.25, 0.3) is 5.91 Å². The average molecular weight is 159 g/mol. The molecule has 4 N–H and O–H groups in total. The highest BCUT2D eigenvalue weighted by molar-refractivity contribution is 6.25. The molecule has 0 rings (SSSR count). The number of nitrogens with one attached hydrogen (secondary N) is 1. The van der Waals surface area contributed by atoms with Crippen LogP contribution >= 0.6 is 0 Å². The maximum atomic E-state index is 10.6. The number of unbranched alkanes of at least 4 members (excludes halogenated alkanes) is 1. The lowest BCUT2D eigenvalue weighted by atomic mass is 10.3. The summed E-state index contributed by atoms with van der Waals surface area (Å²) < 4.78 is 0. The van der Waals surface area contributed by atoms with Gasteiger partial charge < -0.3 is 16.3 Å². The van der Waals surface area contributed by atoms with Gasteiger partial charge in [-0.05, 0) is 19.4 Å². The topological polar surface area (TPSA) is 87.7 Å². The molecule has 0 heterocycles. The van der Waals surface area contributed by atoms with Gasteiger partial charge in [-0.1, -0.05) is 5.16 Å². The van der Waals surface area contributed by atoms with Crippen LogP contribution in [0, 0.1) is 0 Å². The van der Waals surface area contributed by atoms with E-state index in [1.807, 2.05) is 0 Å². The van der Waals surface area contributed by atoms with Crippen molar-refractivity contribution in [2.24, 2.45) is 10.9 Å². The van der Waals surface area contributed by atoms with Gasteiger partial charge in [-0.3, -0.25) is 4.79 Å². The minimum absolute atomic E-state index is 0.385. The summed E-state index contributed by atoms with van der Waals surface area (Å²) in [5.41, 5.74) is 5.23. The van der Waals surface area contributed by atoms with Crippen LogP contribution in [0.5, 0.6) is 0 Å². The molecule has 11 heavy (non-hydrogen) atoms. The third-order valence-electron chi connectivity index (χ3n) is 1.11. The van der Waals surface area contributed by atoms with Crippen molar-refractivity contribution >= 4 is 12.1 Å². The molecule has 64 valence electrons. The van der Waals surface area contributed by atoms with Crippen molar-refractivity contribution in [3.8, 4) is 0 Å². The molecule has 0 fully saturated rings. The van der Waals surface area contributed by atoms with E-state index < -0.39 is 0 Å².